The maximum Gasteiger partial charge on any atom is 0.251 e. The number of hydrogen-bond donors (Lipinski definition) is 2. The molecule has 156 valence electrons. The third-order valence-electron chi connectivity index (χ3n) is 5.26. The summed E-state index contributed by atoms with van der Waals surface area (Å²) in [5, 5.41) is 4.62. The van der Waals surface area contributed by atoms with Crippen LogP contribution in [0.15, 0.2) is 60.9 Å². The van der Waals surface area contributed by atoms with E-state index in [1.165, 1.54) is 12.0 Å². The second-order valence-corrected chi connectivity index (χ2v) is 7.13. The normalized spacial score (nSPS) is 20.1. The van der Waals surface area contributed by atoms with E-state index in [0.717, 1.165) is 5.56 Å². The van der Waals surface area contributed by atoms with Crippen molar-refractivity contribution >= 4 is 17.5 Å². The van der Waals surface area contributed by atoms with Gasteiger partial charge >= 0.3 is 0 Å². The van der Waals surface area contributed by atoms with Crippen LogP contribution in [0.4, 0.5) is 5.69 Å². The number of carbonyl (C=O) groups is 2. The van der Waals surface area contributed by atoms with E-state index in [1.54, 1.807) is 37.7 Å². The first-order chi connectivity index (χ1) is 14.6. The van der Waals surface area contributed by atoms with E-state index >= 15 is 0 Å². The summed E-state index contributed by atoms with van der Waals surface area (Å²) in [4.78, 5) is 26.9. The number of methoxy groups -OCH3 is 2. The lowest BCUT2D eigenvalue weighted by molar-refractivity contribution is -0.137. The van der Waals surface area contributed by atoms with Crippen molar-refractivity contribution in [1.82, 2.24) is 15.3 Å². The van der Waals surface area contributed by atoms with Gasteiger partial charge in [0.1, 0.15) is 12.6 Å². The highest BCUT2D eigenvalue weighted by Gasteiger charge is 2.40. The highest BCUT2D eigenvalue weighted by atomic mass is 16.5. The van der Waals surface area contributed by atoms with Crippen molar-refractivity contribution in [2.24, 2.45) is 0 Å². The van der Waals surface area contributed by atoms with Crippen LogP contribution in [0, 0.1) is 0 Å². The summed E-state index contributed by atoms with van der Waals surface area (Å²) in [6.45, 7) is -0.0655. The van der Waals surface area contributed by atoms with Crippen molar-refractivity contribution in [3.63, 3.8) is 0 Å². The lowest BCUT2D eigenvalue weighted by atomic mass is 10.0. The molecule has 30 heavy (non-hydrogen) atoms. The summed E-state index contributed by atoms with van der Waals surface area (Å²) in [7, 11) is 3.08. The molecule has 2 amide bonds. The SMILES string of the molecule is COc1ccc(NC(=O)CN2C=CN3NC(c4ccccc4)CC3C2=O)cc1OC. The standard InChI is InChI=1S/C22H24N4O4/c1-29-19-9-8-16(12-20(19)30-2)23-21(27)14-25-10-11-26-18(22(25)28)13-17(24-26)15-6-4-3-5-7-15/h3-12,17-18,24H,13-14H2,1-2H3,(H,23,27). The number of fused-ring (bicyclic) bond motifs is 1. The Morgan fingerprint density at radius 2 is 1.87 bits per heavy atom. The number of hydrazine groups is 1. The minimum absolute atomic E-state index is 0.0605. The fourth-order valence-electron chi connectivity index (χ4n) is 3.74. The summed E-state index contributed by atoms with van der Waals surface area (Å²) in [5.74, 6) is 0.695. The molecule has 2 aromatic carbocycles. The molecule has 0 bridgehead atoms. The number of hydrogen-bond acceptors (Lipinski definition) is 6. The molecular weight excluding hydrogens is 384 g/mol. The van der Waals surface area contributed by atoms with Crippen molar-refractivity contribution < 1.29 is 19.1 Å². The van der Waals surface area contributed by atoms with Gasteiger partial charge in [-0.15, -0.1) is 0 Å². The Hall–Kier alpha value is -3.52. The van der Waals surface area contributed by atoms with Crippen molar-refractivity contribution in [3.05, 3.63) is 66.5 Å². The summed E-state index contributed by atoms with van der Waals surface area (Å²) in [5.41, 5.74) is 5.05. The lowest BCUT2D eigenvalue weighted by Gasteiger charge is -2.31. The van der Waals surface area contributed by atoms with Crippen LogP contribution in [0.5, 0.6) is 11.5 Å². The van der Waals surface area contributed by atoms with Gasteiger partial charge in [0, 0.05) is 24.2 Å². The Bertz CT molecular complexity index is 963. The fourth-order valence-corrected chi connectivity index (χ4v) is 3.74. The molecule has 2 N–H and O–H groups in total. The molecule has 0 aromatic heterocycles. The first kappa shape index (κ1) is 19.8. The van der Waals surface area contributed by atoms with E-state index < -0.39 is 0 Å². The van der Waals surface area contributed by atoms with E-state index in [2.05, 4.69) is 10.7 Å². The Morgan fingerprint density at radius 3 is 2.60 bits per heavy atom. The van der Waals surface area contributed by atoms with Gasteiger partial charge in [0.05, 0.1) is 20.3 Å². The summed E-state index contributed by atoms with van der Waals surface area (Å²) in [6, 6.07) is 14.9. The van der Waals surface area contributed by atoms with Crippen LogP contribution in [0.3, 0.4) is 0 Å². The number of amides is 2. The minimum Gasteiger partial charge on any atom is -0.493 e. The quantitative estimate of drug-likeness (QED) is 0.763. The highest BCUT2D eigenvalue weighted by molar-refractivity contribution is 5.96. The molecule has 2 aliphatic rings. The molecule has 0 aliphatic carbocycles. The lowest BCUT2D eigenvalue weighted by Crippen LogP contribution is -2.49. The van der Waals surface area contributed by atoms with Crippen molar-refractivity contribution in [2.75, 3.05) is 26.1 Å². The van der Waals surface area contributed by atoms with Gasteiger partial charge in [-0.1, -0.05) is 30.3 Å². The summed E-state index contributed by atoms with van der Waals surface area (Å²) in [6.07, 6.45) is 4.08. The number of nitrogens with zero attached hydrogens (tertiary/aromatic N) is 2. The van der Waals surface area contributed by atoms with Gasteiger partial charge in [0.25, 0.3) is 5.91 Å². The molecule has 0 spiro atoms. The van der Waals surface area contributed by atoms with Crippen LogP contribution in [0.25, 0.3) is 0 Å². The van der Waals surface area contributed by atoms with Gasteiger partial charge in [0.15, 0.2) is 11.5 Å². The second kappa shape index (κ2) is 8.46. The first-order valence-electron chi connectivity index (χ1n) is 9.69. The summed E-state index contributed by atoms with van der Waals surface area (Å²) < 4.78 is 10.5. The van der Waals surface area contributed by atoms with Gasteiger partial charge in [0.2, 0.25) is 5.91 Å². The molecular formula is C22H24N4O4. The molecule has 4 rings (SSSR count). The molecule has 2 unspecified atom stereocenters. The molecule has 1 saturated heterocycles. The van der Waals surface area contributed by atoms with Gasteiger partial charge in [-0.05, 0) is 24.1 Å². The van der Waals surface area contributed by atoms with Crippen LogP contribution >= 0.6 is 0 Å². The predicted molar refractivity (Wildman–Crippen MR) is 112 cm³/mol. The zero-order valence-corrected chi connectivity index (χ0v) is 16.9. The third kappa shape index (κ3) is 3.95. The number of benzene rings is 2. The van der Waals surface area contributed by atoms with Crippen molar-refractivity contribution in [1.29, 1.82) is 0 Å². The second-order valence-electron chi connectivity index (χ2n) is 7.13. The minimum atomic E-state index is -0.339. The Morgan fingerprint density at radius 1 is 1.10 bits per heavy atom. The van der Waals surface area contributed by atoms with E-state index in [1.807, 2.05) is 35.3 Å². The van der Waals surface area contributed by atoms with Gasteiger partial charge in [-0.3, -0.25) is 9.59 Å². The maximum atomic E-state index is 12.9. The zero-order chi connectivity index (χ0) is 21.1. The maximum absolute atomic E-state index is 12.9. The Balaban J connectivity index is 1.39. The first-order valence-corrected chi connectivity index (χ1v) is 9.69. The van der Waals surface area contributed by atoms with Gasteiger partial charge < -0.3 is 24.7 Å². The topological polar surface area (TPSA) is 83.1 Å². The molecule has 0 radical (unpaired) electrons. The average molecular weight is 408 g/mol. The largest absolute Gasteiger partial charge is 0.493 e. The predicted octanol–water partition coefficient (Wildman–Crippen LogP) is 2.28. The zero-order valence-electron chi connectivity index (χ0n) is 16.9. The number of carbonyl (C=O) groups excluding carboxylic acids is 2. The van der Waals surface area contributed by atoms with E-state index in [-0.39, 0.29) is 30.4 Å². The Labute approximate surface area is 175 Å². The molecule has 8 heteroatoms. The molecule has 8 nitrogen and oxygen atoms in total. The molecule has 2 aliphatic heterocycles. The molecule has 2 heterocycles. The number of rotatable bonds is 6. The fraction of sp³-hybridized carbons (Fsp3) is 0.273. The van der Waals surface area contributed by atoms with E-state index in [4.69, 9.17) is 9.47 Å². The number of anilines is 1. The van der Waals surface area contributed by atoms with Crippen LogP contribution in [-0.2, 0) is 9.59 Å². The van der Waals surface area contributed by atoms with E-state index in [9.17, 15) is 9.59 Å². The van der Waals surface area contributed by atoms with Gasteiger partial charge in [-0.25, -0.2) is 5.43 Å². The third-order valence-corrected chi connectivity index (χ3v) is 5.26. The molecule has 0 saturated carbocycles. The van der Waals surface area contributed by atoms with Gasteiger partial charge in [-0.2, -0.15) is 0 Å². The molecule has 1 fully saturated rings. The van der Waals surface area contributed by atoms with E-state index in [0.29, 0.717) is 23.6 Å². The van der Waals surface area contributed by atoms with Crippen LogP contribution < -0.4 is 20.2 Å². The van der Waals surface area contributed by atoms with Crippen LogP contribution in [0.1, 0.15) is 18.0 Å². The number of ether oxygens (including phenoxy) is 2. The molecule has 2 aromatic rings. The smallest absolute Gasteiger partial charge is 0.251 e. The monoisotopic (exact) mass is 408 g/mol. The Kier molecular flexibility index (Phi) is 5.58. The number of nitrogens with one attached hydrogen (secondary N) is 2. The average Bonchev–Trinajstić information content (AvgIpc) is 3.21. The van der Waals surface area contributed by atoms with Crippen LogP contribution in [0.2, 0.25) is 0 Å². The molecule has 2 atom stereocenters. The highest BCUT2D eigenvalue weighted by Crippen LogP contribution is 2.31. The summed E-state index contributed by atoms with van der Waals surface area (Å²) >= 11 is 0. The van der Waals surface area contributed by atoms with Crippen molar-refractivity contribution in [3.8, 4) is 11.5 Å². The van der Waals surface area contributed by atoms with Crippen LogP contribution in [-0.4, -0.2) is 48.5 Å². The van der Waals surface area contributed by atoms with Crippen molar-refractivity contribution in [2.45, 2.75) is 18.5 Å².